The molecule has 0 N–H and O–H groups in total. The van der Waals surface area contributed by atoms with Crippen LogP contribution in [0.3, 0.4) is 0 Å². The zero-order valence-electron chi connectivity index (χ0n) is 21.6. The second-order valence-corrected chi connectivity index (χ2v) is 11.1. The number of halogens is 2. The average Bonchev–Trinajstić information content (AvgIpc) is 3.32. The first-order valence-corrected chi connectivity index (χ1v) is 14.2. The van der Waals surface area contributed by atoms with E-state index in [1.807, 2.05) is 55.5 Å². The van der Waals surface area contributed by atoms with Crippen LogP contribution in [0, 0.1) is 11.8 Å². The number of benzene rings is 2. The summed E-state index contributed by atoms with van der Waals surface area (Å²) in [6, 6.07) is 15.3. The number of hydrogen-bond acceptors (Lipinski definition) is 5. The fourth-order valence-corrected chi connectivity index (χ4v) is 6.13. The monoisotopic (exact) mass is 553 g/mol. The van der Waals surface area contributed by atoms with Gasteiger partial charge in [-0.15, -0.1) is 0 Å². The van der Waals surface area contributed by atoms with Gasteiger partial charge in [-0.05, 0) is 92.6 Å². The van der Waals surface area contributed by atoms with Crippen LogP contribution in [0.1, 0.15) is 56.2 Å². The number of carbonyl (C=O) groups is 2. The van der Waals surface area contributed by atoms with Gasteiger partial charge in [0.1, 0.15) is 0 Å². The number of hydrogen-bond donors (Lipinski definition) is 0. The zero-order chi connectivity index (χ0) is 26.6. The number of carbonyl (C=O) groups excluding carboxylic acids is 2. The lowest BCUT2D eigenvalue weighted by atomic mass is 9.77. The highest BCUT2D eigenvalue weighted by Crippen LogP contribution is 2.44. The molecule has 1 saturated carbocycles. The van der Waals surface area contributed by atoms with E-state index in [1.165, 1.54) is 0 Å². The number of fused-ring (bicyclic) bond motifs is 1. The number of esters is 1. The van der Waals surface area contributed by atoms with Crippen molar-refractivity contribution < 1.29 is 14.3 Å². The normalized spacial score (nSPS) is 24.7. The minimum atomic E-state index is -0.190. The summed E-state index contributed by atoms with van der Waals surface area (Å²) in [6.07, 6.45) is 6.74. The zero-order valence-corrected chi connectivity index (χ0v) is 23.1. The smallest absolute Gasteiger partial charge is 0.310 e. The molecule has 0 spiro atoms. The summed E-state index contributed by atoms with van der Waals surface area (Å²) in [7, 11) is 0. The lowest BCUT2D eigenvalue weighted by molar-refractivity contribution is -0.151. The molecule has 1 aliphatic carbocycles. The number of rotatable bonds is 6. The van der Waals surface area contributed by atoms with Crippen LogP contribution in [-0.4, -0.2) is 53.7 Å². The molecular weight excluding hydrogens is 521 g/mol. The molecule has 1 saturated heterocycles. The number of ether oxygens (including phenoxy) is 1. The molecule has 2 heterocycles. The molecule has 8 heteroatoms. The number of likely N-dealkylation sites (tertiary alicyclic amines) is 1. The van der Waals surface area contributed by atoms with Crippen LogP contribution in [0.5, 0.6) is 0 Å². The maximum atomic E-state index is 13.8. The second-order valence-electron chi connectivity index (χ2n) is 10.3. The van der Waals surface area contributed by atoms with Crippen LogP contribution in [0.4, 0.5) is 0 Å². The van der Waals surface area contributed by atoms with Gasteiger partial charge in [0.15, 0.2) is 0 Å². The first-order valence-electron chi connectivity index (χ1n) is 13.4. The van der Waals surface area contributed by atoms with Crippen molar-refractivity contribution in [3.8, 4) is 0 Å². The van der Waals surface area contributed by atoms with Gasteiger partial charge in [0.25, 0.3) is 5.91 Å². The summed E-state index contributed by atoms with van der Waals surface area (Å²) in [5.41, 5.74) is 4.25. The maximum Gasteiger partial charge on any atom is 0.310 e. The van der Waals surface area contributed by atoms with E-state index in [4.69, 9.17) is 33.0 Å². The van der Waals surface area contributed by atoms with Crippen LogP contribution < -0.4 is 0 Å². The van der Waals surface area contributed by atoms with Gasteiger partial charge >= 0.3 is 5.97 Å². The Balaban J connectivity index is 1.42. The van der Waals surface area contributed by atoms with Gasteiger partial charge in [-0.25, -0.2) is 5.01 Å². The van der Waals surface area contributed by atoms with Crippen LogP contribution in [0.2, 0.25) is 10.0 Å². The number of allylic oxidation sites excluding steroid dienone is 1. The van der Waals surface area contributed by atoms with Crippen LogP contribution >= 0.6 is 23.2 Å². The standard InChI is InChI=1S/C30H33Cl2N3O3/c1-2-38-30(37)23-6-4-16-34(18-23)19-27(36)35-29(21-10-14-25(32)15-11-21)26-7-3-5-22(28(26)33-35)17-20-8-12-24(31)13-9-20/h8-15,17,23,26,29H,2-7,16,18-19H2,1H3/b22-17-/t23-,26+,29-/m1/s1. The summed E-state index contributed by atoms with van der Waals surface area (Å²) in [4.78, 5) is 28.2. The van der Waals surface area contributed by atoms with Crippen molar-refractivity contribution >= 4 is 46.9 Å². The highest BCUT2D eigenvalue weighted by atomic mass is 35.5. The molecule has 0 radical (unpaired) electrons. The summed E-state index contributed by atoms with van der Waals surface area (Å²) < 4.78 is 5.24. The molecule has 6 nitrogen and oxygen atoms in total. The molecule has 0 unspecified atom stereocenters. The molecule has 200 valence electrons. The third-order valence-corrected chi connectivity index (χ3v) is 8.17. The number of hydrazone groups is 1. The van der Waals surface area contributed by atoms with Crippen molar-refractivity contribution in [3.63, 3.8) is 0 Å². The third kappa shape index (κ3) is 5.98. The number of nitrogens with zero attached hydrogens (tertiary/aromatic N) is 3. The molecule has 5 rings (SSSR count). The third-order valence-electron chi connectivity index (χ3n) is 7.66. The van der Waals surface area contributed by atoms with Gasteiger partial charge in [0, 0.05) is 22.5 Å². The molecule has 2 aliphatic heterocycles. The Morgan fingerprint density at radius 1 is 1.03 bits per heavy atom. The number of amides is 1. The van der Waals surface area contributed by atoms with Gasteiger partial charge in [0.05, 0.1) is 30.8 Å². The first-order chi connectivity index (χ1) is 18.4. The lowest BCUT2D eigenvalue weighted by Crippen LogP contribution is -2.45. The van der Waals surface area contributed by atoms with Crippen molar-refractivity contribution in [1.29, 1.82) is 0 Å². The van der Waals surface area contributed by atoms with Crippen LogP contribution in [0.25, 0.3) is 6.08 Å². The SMILES string of the molecule is CCOC(=O)[C@@H]1CCCN(CC(=O)N2N=C3/C(=C\c4ccc(Cl)cc4)CCC[C@@H]3[C@H]2c2ccc(Cl)cc2)C1. The van der Waals surface area contributed by atoms with Crippen molar-refractivity contribution in [2.24, 2.45) is 16.9 Å². The average molecular weight is 555 g/mol. The molecule has 3 atom stereocenters. The van der Waals surface area contributed by atoms with Gasteiger partial charge < -0.3 is 4.74 Å². The fourth-order valence-electron chi connectivity index (χ4n) is 5.88. The molecule has 2 aromatic carbocycles. The van der Waals surface area contributed by atoms with Gasteiger partial charge in [-0.2, -0.15) is 5.10 Å². The Kier molecular flexibility index (Phi) is 8.51. The minimum absolute atomic E-state index is 0.0535. The Morgan fingerprint density at radius 2 is 1.74 bits per heavy atom. The highest BCUT2D eigenvalue weighted by Gasteiger charge is 2.44. The van der Waals surface area contributed by atoms with Crippen molar-refractivity contribution in [2.75, 3.05) is 26.2 Å². The molecule has 0 bridgehead atoms. The summed E-state index contributed by atoms with van der Waals surface area (Å²) >= 11 is 12.3. The maximum absolute atomic E-state index is 13.8. The first kappa shape index (κ1) is 26.9. The quantitative estimate of drug-likeness (QED) is 0.388. The van der Waals surface area contributed by atoms with Gasteiger partial charge in [0.2, 0.25) is 0 Å². The van der Waals surface area contributed by atoms with Crippen LogP contribution in [-0.2, 0) is 14.3 Å². The Morgan fingerprint density at radius 3 is 2.45 bits per heavy atom. The van der Waals surface area contributed by atoms with E-state index < -0.39 is 0 Å². The largest absolute Gasteiger partial charge is 0.466 e. The predicted octanol–water partition coefficient (Wildman–Crippen LogP) is 6.39. The lowest BCUT2D eigenvalue weighted by Gasteiger charge is -2.33. The fraction of sp³-hybridized carbons (Fsp3) is 0.433. The predicted molar refractivity (Wildman–Crippen MR) is 151 cm³/mol. The Bertz CT molecular complexity index is 1230. The molecule has 3 aliphatic rings. The van der Waals surface area contributed by atoms with E-state index in [0.717, 1.165) is 61.1 Å². The molecule has 2 aromatic rings. The van der Waals surface area contributed by atoms with E-state index >= 15 is 0 Å². The molecule has 38 heavy (non-hydrogen) atoms. The number of piperidine rings is 1. The topological polar surface area (TPSA) is 62.2 Å². The van der Waals surface area contributed by atoms with E-state index in [1.54, 1.807) is 5.01 Å². The molecule has 1 amide bonds. The molecular formula is C30H33Cl2N3O3. The van der Waals surface area contributed by atoms with Crippen molar-refractivity contribution in [1.82, 2.24) is 9.91 Å². The molecule has 0 aromatic heterocycles. The van der Waals surface area contributed by atoms with Crippen molar-refractivity contribution in [3.05, 3.63) is 75.3 Å². The van der Waals surface area contributed by atoms with Crippen molar-refractivity contribution in [2.45, 2.75) is 45.1 Å². The van der Waals surface area contributed by atoms with E-state index in [-0.39, 0.29) is 36.3 Å². The summed E-state index contributed by atoms with van der Waals surface area (Å²) in [5, 5.41) is 8.05. The van der Waals surface area contributed by atoms with Crippen LogP contribution in [0.15, 0.2) is 59.2 Å². The summed E-state index contributed by atoms with van der Waals surface area (Å²) in [5.74, 6) is -0.304. The van der Waals surface area contributed by atoms with E-state index in [0.29, 0.717) is 23.2 Å². The second kappa shape index (κ2) is 12.0. The summed E-state index contributed by atoms with van der Waals surface area (Å²) in [6.45, 7) is 3.73. The van der Waals surface area contributed by atoms with Gasteiger partial charge in [-0.1, -0.05) is 47.5 Å². The highest BCUT2D eigenvalue weighted by molar-refractivity contribution is 6.30. The Hall–Kier alpha value is -2.67. The van der Waals surface area contributed by atoms with E-state index in [9.17, 15) is 9.59 Å². The molecule has 2 fully saturated rings. The minimum Gasteiger partial charge on any atom is -0.466 e. The Labute approximate surface area is 234 Å². The van der Waals surface area contributed by atoms with Gasteiger partial charge in [-0.3, -0.25) is 14.5 Å². The van der Waals surface area contributed by atoms with E-state index in [2.05, 4.69) is 11.0 Å².